The highest BCUT2D eigenvalue weighted by Crippen LogP contribution is 2.10. The van der Waals surface area contributed by atoms with Crippen molar-refractivity contribution in [3.8, 4) is 0 Å². The molecule has 0 fully saturated rings. The minimum atomic E-state index is -0.474. The molecule has 114 valence electrons. The normalized spacial score (nSPS) is 11.7. The molecule has 0 unspecified atom stereocenters. The van der Waals surface area contributed by atoms with E-state index in [0.29, 0.717) is 18.3 Å². The number of nitrogens with one attached hydrogen (secondary N) is 1. The number of hydrogen-bond donors (Lipinski definition) is 2. The van der Waals surface area contributed by atoms with Crippen molar-refractivity contribution >= 4 is 35.9 Å². The number of nitrogens with zero attached hydrogens (tertiary/aromatic N) is 1. The van der Waals surface area contributed by atoms with E-state index in [0.717, 1.165) is 0 Å². The first-order valence-electron chi connectivity index (χ1n) is 6.16. The SMILES string of the molecule is CCOC(=O)c1ccc(CN=C(N)NC(C)(C)C)o1.I. The monoisotopic (exact) mass is 395 g/mol. The summed E-state index contributed by atoms with van der Waals surface area (Å²) in [5, 5.41) is 3.03. The molecule has 3 N–H and O–H groups in total. The van der Waals surface area contributed by atoms with Gasteiger partial charge >= 0.3 is 5.97 Å². The van der Waals surface area contributed by atoms with Crippen LogP contribution >= 0.6 is 24.0 Å². The molecule has 0 amide bonds. The molecular weight excluding hydrogens is 373 g/mol. The molecule has 0 aliphatic rings. The predicted octanol–water partition coefficient (Wildman–Crippen LogP) is 2.28. The van der Waals surface area contributed by atoms with Crippen LogP contribution in [0.25, 0.3) is 0 Å². The molecule has 0 bridgehead atoms. The molecule has 6 nitrogen and oxygen atoms in total. The highest BCUT2D eigenvalue weighted by molar-refractivity contribution is 14.0. The summed E-state index contributed by atoms with van der Waals surface area (Å²) in [6.07, 6.45) is 0. The van der Waals surface area contributed by atoms with E-state index in [9.17, 15) is 4.79 Å². The molecule has 0 aromatic carbocycles. The van der Waals surface area contributed by atoms with Crippen LogP contribution in [0.1, 0.15) is 44.0 Å². The molecular formula is C13H22IN3O3. The zero-order valence-electron chi connectivity index (χ0n) is 12.2. The third kappa shape index (κ3) is 6.78. The van der Waals surface area contributed by atoms with Gasteiger partial charge in [-0.15, -0.1) is 24.0 Å². The van der Waals surface area contributed by atoms with Gasteiger partial charge < -0.3 is 20.2 Å². The van der Waals surface area contributed by atoms with Gasteiger partial charge in [0.05, 0.1) is 6.61 Å². The van der Waals surface area contributed by atoms with Crippen LogP contribution in [0.2, 0.25) is 0 Å². The lowest BCUT2D eigenvalue weighted by atomic mass is 10.1. The minimum Gasteiger partial charge on any atom is -0.460 e. The Bertz CT molecular complexity index is 464. The summed E-state index contributed by atoms with van der Waals surface area (Å²) in [4.78, 5) is 15.5. The van der Waals surface area contributed by atoms with Crippen LogP contribution < -0.4 is 11.1 Å². The van der Waals surface area contributed by atoms with Gasteiger partial charge in [-0.1, -0.05) is 0 Å². The number of carbonyl (C=O) groups excluding carboxylic acids is 1. The van der Waals surface area contributed by atoms with Crippen molar-refractivity contribution < 1.29 is 13.9 Å². The van der Waals surface area contributed by atoms with Crippen LogP contribution in [0.15, 0.2) is 21.5 Å². The van der Waals surface area contributed by atoms with E-state index >= 15 is 0 Å². The van der Waals surface area contributed by atoms with Gasteiger partial charge in [-0.25, -0.2) is 9.79 Å². The van der Waals surface area contributed by atoms with E-state index in [4.69, 9.17) is 14.9 Å². The second-order valence-electron chi connectivity index (χ2n) is 5.06. The van der Waals surface area contributed by atoms with Crippen molar-refractivity contribution in [2.75, 3.05) is 6.61 Å². The van der Waals surface area contributed by atoms with Crippen LogP contribution in [0, 0.1) is 0 Å². The third-order valence-electron chi connectivity index (χ3n) is 2.05. The summed E-state index contributed by atoms with van der Waals surface area (Å²) in [6.45, 7) is 8.29. The smallest absolute Gasteiger partial charge is 0.374 e. The topological polar surface area (TPSA) is 89.8 Å². The average molecular weight is 395 g/mol. The van der Waals surface area contributed by atoms with Gasteiger partial charge in [-0.2, -0.15) is 0 Å². The fourth-order valence-electron chi connectivity index (χ4n) is 1.36. The van der Waals surface area contributed by atoms with Gasteiger partial charge in [0, 0.05) is 5.54 Å². The van der Waals surface area contributed by atoms with Crippen molar-refractivity contribution in [1.29, 1.82) is 0 Å². The number of rotatable bonds is 4. The van der Waals surface area contributed by atoms with E-state index < -0.39 is 5.97 Å². The standard InChI is InChI=1S/C13H21N3O3.HI/c1-5-18-11(17)10-7-6-9(19-10)8-15-12(14)16-13(2,3)4;/h6-7H,5,8H2,1-4H3,(H3,14,15,16);1H. The molecule has 1 heterocycles. The Morgan fingerprint density at radius 3 is 2.65 bits per heavy atom. The molecule has 0 spiro atoms. The molecule has 0 radical (unpaired) electrons. The number of hydrogen-bond acceptors (Lipinski definition) is 4. The summed E-state index contributed by atoms with van der Waals surface area (Å²) < 4.78 is 10.1. The van der Waals surface area contributed by atoms with E-state index in [-0.39, 0.29) is 41.8 Å². The maximum Gasteiger partial charge on any atom is 0.374 e. The van der Waals surface area contributed by atoms with Crippen molar-refractivity contribution in [1.82, 2.24) is 5.32 Å². The van der Waals surface area contributed by atoms with Gasteiger partial charge in [-0.3, -0.25) is 0 Å². The zero-order chi connectivity index (χ0) is 14.5. The van der Waals surface area contributed by atoms with E-state index in [1.54, 1.807) is 19.1 Å². The molecule has 0 saturated carbocycles. The average Bonchev–Trinajstić information content (AvgIpc) is 2.73. The summed E-state index contributed by atoms with van der Waals surface area (Å²) in [5.41, 5.74) is 5.58. The molecule has 0 aliphatic heterocycles. The van der Waals surface area contributed by atoms with Crippen LogP contribution in [-0.2, 0) is 11.3 Å². The van der Waals surface area contributed by atoms with Crippen molar-refractivity contribution in [2.45, 2.75) is 39.8 Å². The lowest BCUT2D eigenvalue weighted by molar-refractivity contribution is 0.0488. The molecule has 1 aromatic rings. The first kappa shape index (κ1) is 18.8. The third-order valence-corrected chi connectivity index (χ3v) is 2.05. The maximum atomic E-state index is 11.4. The molecule has 0 atom stereocenters. The number of carbonyl (C=O) groups is 1. The first-order chi connectivity index (χ1) is 8.81. The van der Waals surface area contributed by atoms with E-state index in [1.165, 1.54) is 0 Å². The largest absolute Gasteiger partial charge is 0.460 e. The van der Waals surface area contributed by atoms with Crippen molar-refractivity contribution in [3.05, 3.63) is 23.7 Å². The van der Waals surface area contributed by atoms with Crippen LogP contribution in [0.5, 0.6) is 0 Å². The fourth-order valence-corrected chi connectivity index (χ4v) is 1.36. The Balaban J connectivity index is 0.00000361. The zero-order valence-corrected chi connectivity index (χ0v) is 14.6. The number of halogens is 1. The van der Waals surface area contributed by atoms with Crippen molar-refractivity contribution in [2.24, 2.45) is 10.7 Å². The van der Waals surface area contributed by atoms with Gasteiger partial charge in [-0.05, 0) is 39.8 Å². The van der Waals surface area contributed by atoms with Crippen LogP contribution in [0.3, 0.4) is 0 Å². The molecule has 7 heteroatoms. The Morgan fingerprint density at radius 2 is 2.10 bits per heavy atom. The quantitative estimate of drug-likeness (QED) is 0.353. The van der Waals surface area contributed by atoms with Gasteiger partial charge in [0.25, 0.3) is 0 Å². The highest BCUT2D eigenvalue weighted by atomic mass is 127. The number of ether oxygens (including phenoxy) is 1. The summed E-state index contributed by atoms with van der Waals surface area (Å²) in [7, 11) is 0. The van der Waals surface area contributed by atoms with E-state index in [2.05, 4.69) is 10.3 Å². The van der Waals surface area contributed by atoms with Crippen molar-refractivity contribution in [3.63, 3.8) is 0 Å². The lowest BCUT2D eigenvalue weighted by Gasteiger charge is -2.20. The summed E-state index contributed by atoms with van der Waals surface area (Å²) >= 11 is 0. The number of guanidine groups is 1. The lowest BCUT2D eigenvalue weighted by Crippen LogP contribution is -2.44. The minimum absolute atomic E-state index is 0. The maximum absolute atomic E-state index is 11.4. The molecule has 1 aromatic heterocycles. The summed E-state index contributed by atoms with van der Waals surface area (Å²) in [5.74, 6) is 0.594. The molecule has 0 saturated heterocycles. The number of esters is 1. The second-order valence-corrected chi connectivity index (χ2v) is 5.06. The highest BCUT2D eigenvalue weighted by Gasteiger charge is 2.12. The summed E-state index contributed by atoms with van der Waals surface area (Å²) in [6, 6.07) is 3.25. The van der Waals surface area contributed by atoms with Crippen LogP contribution in [0.4, 0.5) is 0 Å². The number of aliphatic imine (C=N–C) groups is 1. The molecule has 0 aliphatic carbocycles. The Labute approximate surface area is 136 Å². The number of nitrogens with two attached hydrogens (primary N) is 1. The van der Waals surface area contributed by atoms with Crippen LogP contribution in [-0.4, -0.2) is 24.1 Å². The van der Waals surface area contributed by atoms with Gasteiger partial charge in [0.2, 0.25) is 5.76 Å². The molecule has 1 rings (SSSR count). The van der Waals surface area contributed by atoms with Gasteiger partial charge in [0.1, 0.15) is 12.3 Å². The second kappa shape index (κ2) is 8.13. The predicted molar refractivity (Wildman–Crippen MR) is 88.3 cm³/mol. The Morgan fingerprint density at radius 1 is 1.45 bits per heavy atom. The Kier molecular flexibility index (Phi) is 7.62. The number of furan rings is 1. The Hall–Kier alpha value is -1.25. The fraction of sp³-hybridized carbons (Fsp3) is 0.538. The van der Waals surface area contributed by atoms with E-state index in [1.807, 2.05) is 20.8 Å². The van der Waals surface area contributed by atoms with Gasteiger partial charge in [0.15, 0.2) is 5.96 Å². The molecule has 20 heavy (non-hydrogen) atoms. The first-order valence-corrected chi connectivity index (χ1v) is 6.16.